The van der Waals surface area contributed by atoms with E-state index in [0.717, 1.165) is 6.42 Å². The lowest BCUT2D eigenvalue weighted by atomic mass is 10.3. The molecular formula is C18H36FN5O3P2. The first-order valence-corrected chi connectivity index (χ1v) is 13.7. The molecule has 0 aliphatic carbocycles. The van der Waals surface area contributed by atoms with Crippen molar-refractivity contribution in [1.29, 1.82) is 0 Å². The maximum absolute atomic E-state index is 14.4. The average molecular weight is 451 g/mol. The first-order chi connectivity index (χ1) is 13.8. The van der Waals surface area contributed by atoms with Crippen LogP contribution < -0.4 is 30.4 Å². The lowest BCUT2D eigenvalue weighted by Crippen LogP contribution is -2.41. The van der Waals surface area contributed by atoms with Gasteiger partial charge in [0, 0.05) is 37.9 Å². The Bertz CT molecular complexity index is 673. The quantitative estimate of drug-likeness (QED) is 0.254. The number of hydrogen-bond donors (Lipinski definition) is 5. The van der Waals surface area contributed by atoms with E-state index in [0.29, 0.717) is 38.5 Å². The Morgan fingerprint density at radius 1 is 0.897 bits per heavy atom. The molecule has 0 spiro atoms. The molecule has 0 fully saturated rings. The molecule has 0 aliphatic heterocycles. The van der Waals surface area contributed by atoms with E-state index >= 15 is 0 Å². The summed E-state index contributed by atoms with van der Waals surface area (Å²) in [6.07, 6.45) is 0.768. The van der Waals surface area contributed by atoms with Crippen LogP contribution in [0.25, 0.3) is 0 Å². The van der Waals surface area contributed by atoms with Crippen LogP contribution in [0.4, 0.5) is 10.1 Å². The Kier molecular flexibility index (Phi) is 11.4. The van der Waals surface area contributed by atoms with Crippen molar-refractivity contribution in [3.63, 3.8) is 0 Å². The minimum atomic E-state index is -3.37. The highest BCUT2D eigenvalue weighted by Crippen LogP contribution is 2.59. The molecule has 168 valence electrons. The highest BCUT2D eigenvalue weighted by molar-refractivity contribution is 7.78. The molecule has 11 heteroatoms. The molecule has 0 saturated heterocycles. The Balaban J connectivity index is 3.35. The standard InChI is InChI=1S/C18H36FN5O3P2/c1-6-13-27-17-12-11-15(14-16(17)19)24-18(28(25,20-7-2)21-8-3)29(26,22-9-4)23-10-5/h11-12,14,18,24H,6-10,13H2,1-5H3,(H2,20,21,25)(H2,22,23,26). The Morgan fingerprint density at radius 2 is 1.38 bits per heavy atom. The number of anilines is 1. The minimum Gasteiger partial charge on any atom is -0.491 e. The molecular weight excluding hydrogens is 415 g/mol. The number of ether oxygens (including phenoxy) is 1. The maximum Gasteiger partial charge on any atom is 0.243 e. The fourth-order valence-corrected chi connectivity index (χ4v) is 9.14. The van der Waals surface area contributed by atoms with Gasteiger partial charge in [-0.05, 0) is 18.6 Å². The smallest absolute Gasteiger partial charge is 0.243 e. The van der Waals surface area contributed by atoms with Crippen LogP contribution in [0, 0.1) is 5.82 Å². The summed E-state index contributed by atoms with van der Waals surface area (Å²) in [5, 5.41) is 14.9. The van der Waals surface area contributed by atoms with Gasteiger partial charge >= 0.3 is 0 Å². The van der Waals surface area contributed by atoms with Gasteiger partial charge in [0.1, 0.15) is 0 Å². The predicted molar refractivity (Wildman–Crippen MR) is 120 cm³/mol. The van der Waals surface area contributed by atoms with Gasteiger partial charge in [-0.3, -0.25) is 29.5 Å². The molecule has 0 heterocycles. The third-order valence-electron chi connectivity index (χ3n) is 3.95. The molecule has 0 radical (unpaired) electrons. The molecule has 1 aromatic rings. The molecule has 1 aromatic carbocycles. The van der Waals surface area contributed by atoms with Gasteiger partial charge < -0.3 is 10.1 Å². The normalized spacial score (nSPS) is 12.4. The minimum absolute atomic E-state index is 0.150. The van der Waals surface area contributed by atoms with Gasteiger partial charge in [0.2, 0.25) is 14.9 Å². The van der Waals surface area contributed by atoms with Crippen LogP contribution >= 0.6 is 14.9 Å². The third-order valence-corrected chi connectivity index (χ3v) is 10.7. The average Bonchev–Trinajstić information content (AvgIpc) is 2.66. The van der Waals surface area contributed by atoms with Crippen molar-refractivity contribution in [2.75, 3.05) is 38.1 Å². The van der Waals surface area contributed by atoms with Gasteiger partial charge in [-0.15, -0.1) is 0 Å². The topological polar surface area (TPSA) is 104 Å². The Hall–Kier alpha value is -0.950. The van der Waals surface area contributed by atoms with Crippen molar-refractivity contribution in [2.45, 2.75) is 46.6 Å². The monoisotopic (exact) mass is 451 g/mol. The van der Waals surface area contributed by atoms with E-state index in [1.807, 2.05) is 34.6 Å². The molecule has 0 atom stereocenters. The third kappa shape index (κ3) is 7.35. The van der Waals surface area contributed by atoms with Crippen LogP contribution in [0.1, 0.15) is 41.0 Å². The van der Waals surface area contributed by atoms with E-state index < -0.39 is 26.2 Å². The van der Waals surface area contributed by atoms with Crippen molar-refractivity contribution in [3.8, 4) is 5.75 Å². The summed E-state index contributed by atoms with van der Waals surface area (Å²) in [4.78, 5) is 0. The van der Waals surface area contributed by atoms with Crippen LogP contribution in [0.15, 0.2) is 18.2 Å². The fraction of sp³-hybridized carbons (Fsp3) is 0.667. The van der Waals surface area contributed by atoms with E-state index in [-0.39, 0.29) is 5.75 Å². The van der Waals surface area contributed by atoms with Gasteiger partial charge in [-0.1, -0.05) is 34.6 Å². The molecule has 1 rings (SSSR count). The summed E-state index contributed by atoms with van der Waals surface area (Å²) < 4.78 is 47.3. The van der Waals surface area contributed by atoms with E-state index in [4.69, 9.17) is 4.74 Å². The second-order valence-electron chi connectivity index (χ2n) is 6.37. The summed E-state index contributed by atoms with van der Waals surface area (Å²) >= 11 is 0. The summed E-state index contributed by atoms with van der Waals surface area (Å²) in [6, 6.07) is 4.41. The Morgan fingerprint density at radius 3 is 1.76 bits per heavy atom. The largest absolute Gasteiger partial charge is 0.491 e. The summed E-state index contributed by atoms with van der Waals surface area (Å²) in [5.74, 6) is -0.386. The van der Waals surface area contributed by atoms with E-state index in [1.54, 1.807) is 6.07 Å². The molecule has 0 aliphatic rings. The van der Waals surface area contributed by atoms with E-state index in [1.165, 1.54) is 12.1 Å². The second-order valence-corrected chi connectivity index (χ2v) is 11.7. The SMILES string of the molecule is CCCOc1ccc(NC(P(=O)(NCC)NCC)P(=O)(NCC)NCC)cc1F. The van der Waals surface area contributed by atoms with Crippen molar-refractivity contribution >= 4 is 20.6 Å². The van der Waals surface area contributed by atoms with Gasteiger partial charge in [-0.2, -0.15) is 0 Å². The zero-order chi connectivity index (χ0) is 21.9. The predicted octanol–water partition coefficient (Wildman–Crippen LogP) is 4.13. The number of halogens is 1. The second kappa shape index (κ2) is 12.7. The lowest BCUT2D eigenvalue weighted by Gasteiger charge is -2.36. The van der Waals surface area contributed by atoms with Crippen molar-refractivity contribution in [1.82, 2.24) is 20.3 Å². The van der Waals surface area contributed by atoms with Gasteiger partial charge in [-0.25, -0.2) is 4.39 Å². The van der Waals surface area contributed by atoms with Crippen LogP contribution in [-0.4, -0.2) is 38.3 Å². The van der Waals surface area contributed by atoms with Gasteiger partial charge in [0.05, 0.1) is 6.61 Å². The van der Waals surface area contributed by atoms with Gasteiger partial charge in [0.15, 0.2) is 17.1 Å². The van der Waals surface area contributed by atoms with Crippen LogP contribution in [0.3, 0.4) is 0 Å². The summed E-state index contributed by atoms with van der Waals surface area (Å²) in [6.45, 7) is 11.3. The van der Waals surface area contributed by atoms with Crippen LogP contribution in [0.2, 0.25) is 0 Å². The van der Waals surface area contributed by atoms with Crippen molar-refractivity contribution in [3.05, 3.63) is 24.0 Å². The van der Waals surface area contributed by atoms with Crippen molar-refractivity contribution < 1.29 is 18.3 Å². The molecule has 0 amide bonds. The number of nitrogens with one attached hydrogen (secondary N) is 5. The van der Waals surface area contributed by atoms with Crippen LogP contribution in [-0.2, 0) is 9.13 Å². The number of benzene rings is 1. The maximum atomic E-state index is 14.4. The van der Waals surface area contributed by atoms with Gasteiger partial charge in [0.25, 0.3) is 0 Å². The van der Waals surface area contributed by atoms with E-state index in [2.05, 4.69) is 25.7 Å². The lowest BCUT2D eigenvalue weighted by molar-refractivity contribution is 0.301. The highest BCUT2D eigenvalue weighted by Gasteiger charge is 2.45. The fourth-order valence-electron chi connectivity index (χ4n) is 2.88. The molecule has 29 heavy (non-hydrogen) atoms. The molecule has 5 N–H and O–H groups in total. The Labute approximate surface area is 174 Å². The van der Waals surface area contributed by atoms with Crippen molar-refractivity contribution in [2.24, 2.45) is 0 Å². The molecule has 0 bridgehead atoms. The zero-order valence-corrected chi connectivity index (χ0v) is 19.8. The molecule has 0 unspecified atom stereocenters. The first kappa shape index (κ1) is 26.1. The summed E-state index contributed by atoms with van der Waals surface area (Å²) in [7, 11) is -6.75. The molecule has 0 saturated carbocycles. The molecule has 8 nitrogen and oxygen atoms in total. The van der Waals surface area contributed by atoms with E-state index in [9.17, 15) is 13.5 Å². The molecule has 0 aromatic heterocycles. The highest BCUT2D eigenvalue weighted by atomic mass is 31.2. The number of hydrogen-bond acceptors (Lipinski definition) is 4. The zero-order valence-electron chi connectivity index (χ0n) is 18.0. The number of rotatable bonds is 15. The summed E-state index contributed by atoms with van der Waals surface area (Å²) in [5.41, 5.74) is -0.667. The first-order valence-electron chi connectivity index (χ1n) is 10.2. The van der Waals surface area contributed by atoms with Crippen LogP contribution in [0.5, 0.6) is 5.75 Å².